The molecule has 0 aromatic heterocycles. The maximum atomic E-state index is 3.44. The lowest BCUT2D eigenvalue weighted by Crippen LogP contribution is -2.16. The van der Waals surface area contributed by atoms with Crippen LogP contribution in [0.2, 0.25) is 0 Å². The van der Waals surface area contributed by atoms with Crippen molar-refractivity contribution in [3.63, 3.8) is 0 Å². The third kappa shape index (κ3) is 1.07. The second-order valence-corrected chi connectivity index (χ2v) is 4.00. The van der Waals surface area contributed by atoms with Gasteiger partial charge >= 0.3 is 0 Å². The maximum absolute atomic E-state index is 3.44. The number of fused-ring (bicyclic) bond motifs is 1. The highest BCUT2D eigenvalue weighted by Gasteiger charge is 2.33. The minimum Gasteiger partial charge on any atom is -0.358 e. The van der Waals surface area contributed by atoms with E-state index in [0.29, 0.717) is 0 Å². The molecule has 68 valence electrons. The van der Waals surface area contributed by atoms with Gasteiger partial charge in [0.05, 0.1) is 0 Å². The van der Waals surface area contributed by atoms with Gasteiger partial charge in [-0.3, -0.25) is 0 Å². The lowest BCUT2D eigenvalue weighted by molar-refractivity contribution is 0.653. The number of hydrogen-bond acceptors (Lipinski definition) is 1. The lowest BCUT2D eigenvalue weighted by Gasteiger charge is -2.19. The van der Waals surface area contributed by atoms with Crippen LogP contribution >= 0.6 is 0 Å². The molecule has 0 aliphatic carbocycles. The summed E-state index contributed by atoms with van der Waals surface area (Å²) in [7, 11) is 0. The first-order chi connectivity index (χ1) is 6.16. The summed E-state index contributed by atoms with van der Waals surface area (Å²) in [6.45, 7) is 6.58. The third-order valence-electron chi connectivity index (χ3n) is 2.83. The Morgan fingerprint density at radius 2 is 1.92 bits per heavy atom. The zero-order chi connectivity index (χ0) is 9.47. The summed E-state index contributed by atoms with van der Waals surface area (Å²) in [4.78, 5) is 0. The van der Waals surface area contributed by atoms with Gasteiger partial charge in [0, 0.05) is 16.8 Å². The zero-order valence-corrected chi connectivity index (χ0v) is 8.39. The van der Waals surface area contributed by atoms with Crippen molar-refractivity contribution in [3.8, 4) is 0 Å². The van der Waals surface area contributed by atoms with Gasteiger partial charge in [0.25, 0.3) is 0 Å². The van der Waals surface area contributed by atoms with Gasteiger partial charge in [-0.2, -0.15) is 0 Å². The topological polar surface area (TPSA) is 12.0 Å². The number of benzene rings is 1. The Balaban J connectivity index is 2.60. The van der Waals surface area contributed by atoms with Crippen molar-refractivity contribution in [1.82, 2.24) is 0 Å². The molecule has 0 fully saturated rings. The predicted molar refractivity (Wildman–Crippen MR) is 56.8 cm³/mol. The molecule has 1 heterocycles. The largest absolute Gasteiger partial charge is 0.358 e. The van der Waals surface area contributed by atoms with Crippen LogP contribution in [0.4, 0.5) is 5.69 Å². The number of anilines is 1. The molecule has 0 saturated heterocycles. The van der Waals surface area contributed by atoms with E-state index < -0.39 is 0 Å². The Morgan fingerprint density at radius 3 is 2.54 bits per heavy atom. The van der Waals surface area contributed by atoms with Gasteiger partial charge in [-0.15, -0.1) is 0 Å². The summed E-state index contributed by atoms with van der Waals surface area (Å²) in [6.07, 6.45) is 2.15. The molecule has 0 radical (unpaired) electrons. The van der Waals surface area contributed by atoms with E-state index >= 15 is 0 Å². The van der Waals surface area contributed by atoms with Crippen molar-refractivity contribution < 1.29 is 0 Å². The van der Waals surface area contributed by atoms with Crippen LogP contribution in [0.1, 0.15) is 26.3 Å². The van der Waals surface area contributed by atoms with Crippen molar-refractivity contribution in [2.45, 2.75) is 26.2 Å². The molecule has 1 aliphatic heterocycles. The molecule has 0 saturated carbocycles. The Bertz CT molecular complexity index is 361. The van der Waals surface area contributed by atoms with E-state index in [-0.39, 0.29) is 5.41 Å². The minimum absolute atomic E-state index is 0.144. The highest BCUT2D eigenvalue weighted by Crippen LogP contribution is 2.42. The second-order valence-electron chi connectivity index (χ2n) is 4.00. The first kappa shape index (κ1) is 8.36. The molecule has 0 unspecified atom stereocenters. The smallest absolute Gasteiger partial charge is 0.0424 e. The van der Waals surface area contributed by atoms with Crippen LogP contribution < -0.4 is 5.32 Å². The minimum atomic E-state index is 0.144. The Kier molecular flexibility index (Phi) is 1.69. The first-order valence-electron chi connectivity index (χ1n) is 4.69. The molecule has 1 N–H and O–H groups in total. The van der Waals surface area contributed by atoms with E-state index in [2.05, 4.69) is 56.4 Å². The predicted octanol–water partition coefficient (Wildman–Crippen LogP) is 3.29. The zero-order valence-electron chi connectivity index (χ0n) is 8.39. The van der Waals surface area contributed by atoms with Crippen molar-refractivity contribution in [3.05, 3.63) is 41.6 Å². The Labute approximate surface area is 79.5 Å². The van der Waals surface area contributed by atoms with Crippen LogP contribution in [0.15, 0.2) is 36.0 Å². The van der Waals surface area contributed by atoms with Crippen molar-refractivity contribution in [1.29, 1.82) is 0 Å². The number of hydrogen-bond donors (Lipinski definition) is 1. The summed E-state index contributed by atoms with van der Waals surface area (Å²) in [5, 5.41) is 3.44. The molecule has 1 heteroatoms. The van der Waals surface area contributed by atoms with Crippen LogP contribution in [0.25, 0.3) is 0 Å². The first-order valence-corrected chi connectivity index (χ1v) is 4.69. The summed E-state index contributed by atoms with van der Waals surface area (Å²) in [6, 6.07) is 8.49. The molecular formula is C12H15N. The fraction of sp³-hybridized carbons (Fsp3) is 0.333. The summed E-state index contributed by atoms with van der Waals surface area (Å²) < 4.78 is 0. The molecule has 1 aromatic rings. The number of rotatable bonds is 0. The van der Waals surface area contributed by atoms with Crippen LogP contribution in [-0.4, -0.2) is 0 Å². The second kappa shape index (κ2) is 2.63. The fourth-order valence-electron chi connectivity index (χ4n) is 2.02. The van der Waals surface area contributed by atoms with Crippen LogP contribution in [0, 0.1) is 0 Å². The SMILES string of the molecule is C/C=C1\Nc2ccccc2C1(C)C. The molecule has 13 heavy (non-hydrogen) atoms. The number of nitrogens with one attached hydrogen (secondary N) is 1. The summed E-state index contributed by atoms with van der Waals surface area (Å²) in [5.74, 6) is 0. The Morgan fingerprint density at radius 1 is 1.23 bits per heavy atom. The molecule has 0 atom stereocenters. The van der Waals surface area contributed by atoms with E-state index in [1.807, 2.05) is 0 Å². The average Bonchev–Trinajstić information content (AvgIpc) is 2.39. The highest BCUT2D eigenvalue weighted by molar-refractivity contribution is 5.67. The molecule has 1 aliphatic rings. The highest BCUT2D eigenvalue weighted by atomic mass is 14.9. The Hall–Kier alpha value is -1.24. The molecule has 2 rings (SSSR count). The quantitative estimate of drug-likeness (QED) is 0.634. The molecule has 1 nitrogen and oxygen atoms in total. The van der Waals surface area contributed by atoms with E-state index in [1.165, 1.54) is 16.9 Å². The third-order valence-corrected chi connectivity index (χ3v) is 2.83. The van der Waals surface area contributed by atoms with Crippen LogP contribution in [0.3, 0.4) is 0 Å². The summed E-state index contributed by atoms with van der Waals surface area (Å²) >= 11 is 0. The van der Waals surface area contributed by atoms with Crippen molar-refractivity contribution in [2.75, 3.05) is 5.32 Å². The van der Waals surface area contributed by atoms with E-state index in [4.69, 9.17) is 0 Å². The summed E-state index contributed by atoms with van der Waals surface area (Å²) in [5.41, 5.74) is 4.09. The van der Waals surface area contributed by atoms with Crippen LogP contribution in [-0.2, 0) is 5.41 Å². The van der Waals surface area contributed by atoms with Gasteiger partial charge in [-0.05, 0) is 18.6 Å². The van der Waals surface area contributed by atoms with Gasteiger partial charge in [-0.25, -0.2) is 0 Å². The molecule has 0 amide bonds. The van der Waals surface area contributed by atoms with E-state index in [9.17, 15) is 0 Å². The number of para-hydroxylation sites is 1. The molecule has 0 spiro atoms. The normalized spacial score (nSPS) is 21.3. The maximum Gasteiger partial charge on any atom is 0.0424 e. The monoisotopic (exact) mass is 173 g/mol. The van der Waals surface area contributed by atoms with Gasteiger partial charge < -0.3 is 5.32 Å². The lowest BCUT2D eigenvalue weighted by atomic mass is 9.84. The van der Waals surface area contributed by atoms with Crippen molar-refractivity contribution >= 4 is 5.69 Å². The molecule has 1 aromatic carbocycles. The van der Waals surface area contributed by atoms with Gasteiger partial charge in [0.15, 0.2) is 0 Å². The standard InChI is InChI=1S/C12H15N/c1-4-11-12(2,3)9-7-5-6-8-10(9)13-11/h4-8,13H,1-3H3/b11-4-. The fourth-order valence-corrected chi connectivity index (χ4v) is 2.02. The van der Waals surface area contributed by atoms with E-state index in [1.54, 1.807) is 0 Å². The average molecular weight is 173 g/mol. The number of allylic oxidation sites excluding steroid dienone is 2. The van der Waals surface area contributed by atoms with E-state index in [0.717, 1.165) is 0 Å². The molecular weight excluding hydrogens is 158 g/mol. The van der Waals surface area contributed by atoms with Gasteiger partial charge in [0.2, 0.25) is 0 Å². The van der Waals surface area contributed by atoms with Crippen molar-refractivity contribution in [2.24, 2.45) is 0 Å². The van der Waals surface area contributed by atoms with Crippen LogP contribution in [0.5, 0.6) is 0 Å². The van der Waals surface area contributed by atoms with Gasteiger partial charge in [0.1, 0.15) is 0 Å². The molecule has 0 bridgehead atoms. The van der Waals surface area contributed by atoms with Gasteiger partial charge in [-0.1, -0.05) is 38.1 Å².